The summed E-state index contributed by atoms with van der Waals surface area (Å²) in [5.74, 6) is -1.50. The molecule has 0 amide bonds. The van der Waals surface area contributed by atoms with E-state index in [2.05, 4.69) is 4.42 Å². The molecular formula is C14H24N4O6. The Morgan fingerprint density at radius 1 is 1.42 bits per heavy atom. The molecule has 0 aliphatic heterocycles. The number of rotatable bonds is 4. The fraction of sp³-hybridized carbons (Fsp3) is 0.571. The van der Waals surface area contributed by atoms with E-state index in [-0.39, 0.29) is 12.3 Å². The number of carbonyl (C=O) groups excluding carboxylic acids is 1. The van der Waals surface area contributed by atoms with Gasteiger partial charge in [0.05, 0.1) is 6.07 Å². The van der Waals surface area contributed by atoms with Gasteiger partial charge in [-0.1, -0.05) is 19.3 Å². The summed E-state index contributed by atoms with van der Waals surface area (Å²) in [6, 6.07) is 2.00. The molecule has 1 heterocycles. The average molecular weight is 344 g/mol. The minimum absolute atomic E-state index is 0.00463. The van der Waals surface area contributed by atoms with Crippen LogP contribution < -0.4 is 17.2 Å². The van der Waals surface area contributed by atoms with E-state index in [1.165, 1.54) is 38.2 Å². The summed E-state index contributed by atoms with van der Waals surface area (Å²) < 4.78 is 4.43. The second-order valence-corrected chi connectivity index (χ2v) is 5.13. The highest BCUT2D eigenvalue weighted by atomic mass is 16.6. The Bertz CT molecular complexity index is 513. The van der Waals surface area contributed by atoms with Gasteiger partial charge < -0.3 is 26.7 Å². The van der Waals surface area contributed by atoms with Gasteiger partial charge in [-0.25, -0.2) is 0 Å². The summed E-state index contributed by atoms with van der Waals surface area (Å²) >= 11 is 0. The van der Waals surface area contributed by atoms with Crippen molar-refractivity contribution in [1.29, 1.82) is 0 Å². The normalized spacial score (nSPS) is 15.1. The first-order chi connectivity index (χ1) is 11.3. The first-order valence-corrected chi connectivity index (χ1v) is 7.45. The third-order valence-electron chi connectivity index (χ3n) is 3.13. The predicted octanol–water partition coefficient (Wildman–Crippen LogP) is 0.635. The zero-order valence-corrected chi connectivity index (χ0v) is 13.3. The molecule has 0 saturated heterocycles. The SMILES string of the molecule is NC1CCCCC1.NCC(N)C(=O)O.O=Cc1ccc([N+](=O)[O-])o1. The van der Waals surface area contributed by atoms with Crippen molar-refractivity contribution in [3.05, 3.63) is 28.0 Å². The molecule has 24 heavy (non-hydrogen) atoms. The van der Waals surface area contributed by atoms with E-state index in [4.69, 9.17) is 22.3 Å². The molecule has 2 rings (SSSR count). The Kier molecular flexibility index (Phi) is 11.0. The Labute approximate surface area is 139 Å². The monoisotopic (exact) mass is 344 g/mol. The maximum Gasteiger partial charge on any atom is 0.433 e. The van der Waals surface area contributed by atoms with Crippen LogP contribution in [0.5, 0.6) is 0 Å². The minimum Gasteiger partial charge on any atom is -0.480 e. The first-order valence-electron chi connectivity index (χ1n) is 7.45. The molecule has 1 fully saturated rings. The number of carboxylic acid groups (broad SMARTS) is 1. The summed E-state index contributed by atoms with van der Waals surface area (Å²) in [5, 5.41) is 17.9. The first kappa shape index (κ1) is 21.7. The van der Waals surface area contributed by atoms with Crippen molar-refractivity contribution in [1.82, 2.24) is 0 Å². The van der Waals surface area contributed by atoms with Crippen LogP contribution in [0.3, 0.4) is 0 Å². The molecule has 1 saturated carbocycles. The number of carbonyl (C=O) groups is 2. The molecule has 0 aromatic carbocycles. The van der Waals surface area contributed by atoms with Crippen molar-refractivity contribution >= 4 is 18.1 Å². The molecule has 1 aromatic rings. The van der Waals surface area contributed by atoms with E-state index in [1.54, 1.807) is 0 Å². The zero-order chi connectivity index (χ0) is 18.5. The van der Waals surface area contributed by atoms with Crippen LogP contribution in [0.25, 0.3) is 0 Å². The van der Waals surface area contributed by atoms with Gasteiger partial charge in [-0.2, -0.15) is 0 Å². The van der Waals surface area contributed by atoms with Crippen LogP contribution in [0.2, 0.25) is 0 Å². The highest BCUT2D eigenvalue weighted by Crippen LogP contribution is 2.15. The lowest BCUT2D eigenvalue weighted by molar-refractivity contribution is -0.402. The minimum atomic E-state index is -1.05. The summed E-state index contributed by atoms with van der Waals surface area (Å²) in [7, 11) is 0. The van der Waals surface area contributed by atoms with Crippen LogP contribution in [0.1, 0.15) is 42.7 Å². The Morgan fingerprint density at radius 3 is 2.21 bits per heavy atom. The van der Waals surface area contributed by atoms with E-state index in [9.17, 15) is 19.7 Å². The molecule has 1 atom stereocenters. The lowest BCUT2D eigenvalue weighted by Gasteiger charge is -2.15. The Morgan fingerprint density at radius 2 is 2.00 bits per heavy atom. The molecule has 10 nitrogen and oxygen atoms in total. The molecule has 10 heteroatoms. The maximum atomic E-state index is 9.93. The molecule has 1 aliphatic rings. The lowest BCUT2D eigenvalue weighted by atomic mass is 9.97. The van der Waals surface area contributed by atoms with Crippen LogP contribution in [-0.4, -0.2) is 40.9 Å². The number of hydrogen-bond donors (Lipinski definition) is 4. The molecule has 0 spiro atoms. The van der Waals surface area contributed by atoms with Crippen LogP contribution in [0.15, 0.2) is 16.5 Å². The van der Waals surface area contributed by atoms with E-state index in [0.717, 1.165) is 6.07 Å². The largest absolute Gasteiger partial charge is 0.480 e. The van der Waals surface area contributed by atoms with Gasteiger partial charge in [0.2, 0.25) is 0 Å². The van der Waals surface area contributed by atoms with Crippen LogP contribution in [0.4, 0.5) is 5.88 Å². The third kappa shape index (κ3) is 9.66. The van der Waals surface area contributed by atoms with Crippen molar-refractivity contribution in [3.63, 3.8) is 0 Å². The van der Waals surface area contributed by atoms with Crippen molar-refractivity contribution in [2.24, 2.45) is 17.2 Å². The van der Waals surface area contributed by atoms with Crippen molar-refractivity contribution in [3.8, 4) is 0 Å². The van der Waals surface area contributed by atoms with Gasteiger partial charge in [0.15, 0.2) is 12.0 Å². The Balaban J connectivity index is 0.000000340. The summed E-state index contributed by atoms with van der Waals surface area (Å²) in [6.45, 7) is -0.00463. The summed E-state index contributed by atoms with van der Waals surface area (Å²) in [4.78, 5) is 28.9. The van der Waals surface area contributed by atoms with Gasteiger partial charge in [0, 0.05) is 12.6 Å². The highest BCUT2D eigenvalue weighted by molar-refractivity contribution is 5.73. The van der Waals surface area contributed by atoms with E-state index >= 15 is 0 Å². The number of aldehydes is 1. The maximum absolute atomic E-state index is 9.93. The molecule has 0 radical (unpaired) electrons. The molecular weight excluding hydrogens is 320 g/mol. The fourth-order valence-electron chi connectivity index (χ4n) is 1.74. The van der Waals surface area contributed by atoms with Gasteiger partial charge in [0.25, 0.3) is 0 Å². The zero-order valence-electron chi connectivity index (χ0n) is 13.3. The second kappa shape index (κ2) is 12.2. The standard InChI is InChI=1S/C6H13N.C5H3NO4.C3H8N2O2/c7-6-4-2-1-3-5-6;7-3-4-1-2-5(10-4)6(8)9;4-1-2(5)3(6)7/h6H,1-5,7H2;1-3H;2H,1,4-5H2,(H,6,7). The van der Waals surface area contributed by atoms with Gasteiger partial charge in [-0.15, -0.1) is 0 Å². The van der Waals surface area contributed by atoms with Crippen LogP contribution in [-0.2, 0) is 4.79 Å². The summed E-state index contributed by atoms with van der Waals surface area (Å²) in [5.41, 5.74) is 15.4. The van der Waals surface area contributed by atoms with Crippen molar-refractivity contribution in [2.45, 2.75) is 44.2 Å². The van der Waals surface area contributed by atoms with Gasteiger partial charge in [0.1, 0.15) is 11.0 Å². The lowest BCUT2D eigenvalue weighted by Crippen LogP contribution is -2.37. The number of nitrogens with zero attached hydrogens (tertiary/aromatic N) is 1. The average Bonchev–Trinajstić information content (AvgIpc) is 3.05. The van der Waals surface area contributed by atoms with Crippen molar-refractivity contribution < 1.29 is 24.0 Å². The van der Waals surface area contributed by atoms with Gasteiger partial charge in [-0.05, 0) is 18.9 Å². The molecule has 7 N–H and O–H groups in total. The van der Waals surface area contributed by atoms with Crippen LogP contribution >= 0.6 is 0 Å². The predicted molar refractivity (Wildman–Crippen MR) is 86.5 cm³/mol. The number of furan rings is 1. The van der Waals surface area contributed by atoms with E-state index in [1.807, 2.05) is 0 Å². The quantitative estimate of drug-likeness (QED) is 0.345. The molecule has 1 aliphatic carbocycles. The number of hydrogen-bond acceptors (Lipinski definition) is 8. The second-order valence-electron chi connectivity index (χ2n) is 5.13. The third-order valence-corrected chi connectivity index (χ3v) is 3.13. The molecule has 136 valence electrons. The van der Waals surface area contributed by atoms with Crippen molar-refractivity contribution in [2.75, 3.05) is 6.54 Å². The highest BCUT2D eigenvalue weighted by Gasteiger charge is 2.10. The van der Waals surface area contributed by atoms with Gasteiger partial charge >= 0.3 is 11.9 Å². The number of nitro groups is 1. The number of nitrogens with two attached hydrogens (primary N) is 3. The van der Waals surface area contributed by atoms with Crippen LogP contribution in [0, 0.1) is 10.1 Å². The molecule has 1 unspecified atom stereocenters. The molecule has 0 bridgehead atoms. The smallest absolute Gasteiger partial charge is 0.433 e. The van der Waals surface area contributed by atoms with E-state index in [0.29, 0.717) is 12.3 Å². The fourth-order valence-corrected chi connectivity index (χ4v) is 1.74. The Hall–Kier alpha value is -2.30. The number of carboxylic acids is 1. The summed E-state index contributed by atoms with van der Waals surface area (Å²) in [6.07, 6.45) is 7.07. The number of aliphatic carboxylic acids is 1. The van der Waals surface area contributed by atoms with E-state index < -0.39 is 22.8 Å². The molecule has 1 aromatic heterocycles. The van der Waals surface area contributed by atoms with Gasteiger partial charge in [-0.3, -0.25) is 19.7 Å². The topological polar surface area (TPSA) is 189 Å².